The lowest BCUT2D eigenvalue weighted by Crippen LogP contribution is -2.38. The second-order valence-corrected chi connectivity index (χ2v) is 10.5. The summed E-state index contributed by atoms with van der Waals surface area (Å²) in [5.74, 6) is -0.645. The molecule has 0 atom stereocenters. The molecule has 45 heavy (non-hydrogen) atoms. The van der Waals surface area contributed by atoms with Crippen molar-refractivity contribution >= 4 is 17.7 Å². The van der Waals surface area contributed by atoms with Crippen molar-refractivity contribution in [3.63, 3.8) is 0 Å². The Morgan fingerprint density at radius 1 is 0.578 bits per heavy atom. The van der Waals surface area contributed by atoms with Crippen molar-refractivity contribution in [1.29, 1.82) is 0 Å². The lowest BCUT2D eigenvalue weighted by atomic mass is 9.88. The van der Waals surface area contributed by atoms with Crippen molar-refractivity contribution in [2.45, 2.75) is 32.6 Å². The molecule has 0 fully saturated rings. The Kier molecular flexibility index (Phi) is 16.2. The van der Waals surface area contributed by atoms with Gasteiger partial charge in [-0.15, -0.1) is 0 Å². The van der Waals surface area contributed by atoms with Crippen LogP contribution in [0, 0.1) is 5.41 Å². The summed E-state index contributed by atoms with van der Waals surface area (Å²) in [5, 5.41) is 8.57. The standard InChI is InChI=1S/C33H44N6O6/c1-2-33(24-43-21-9-18-37-30(40)27-12-3-6-15-34-27,25-44-22-10-19-38-31(41)28-13-4-7-16-35-28)26-45-23-11-20-39-32(42)29-14-5-8-17-36-29/h3-8,12-17H,2,9-11,18-26H2,1H3,(H,37,40)(H,38,41)(H,39,42). The maximum Gasteiger partial charge on any atom is 0.269 e. The number of carbonyl (C=O) groups is 3. The van der Waals surface area contributed by atoms with Crippen molar-refractivity contribution in [3.05, 3.63) is 90.3 Å². The van der Waals surface area contributed by atoms with Gasteiger partial charge in [0.05, 0.1) is 19.8 Å². The molecular weight excluding hydrogens is 576 g/mol. The number of nitrogens with zero attached hydrogens (tertiary/aromatic N) is 3. The molecule has 0 aliphatic heterocycles. The second kappa shape index (κ2) is 20.7. The molecule has 0 unspecified atom stereocenters. The summed E-state index contributed by atoms with van der Waals surface area (Å²) >= 11 is 0. The second-order valence-electron chi connectivity index (χ2n) is 10.5. The van der Waals surface area contributed by atoms with Crippen molar-refractivity contribution in [1.82, 2.24) is 30.9 Å². The number of rotatable bonds is 22. The summed E-state index contributed by atoms with van der Waals surface area (Å²) in [6.07, 6.45) is 7.45. The van der Waals surface area contributed by atoms with Gasteiger partial charge in [-0.05, 0) is 62.1 Å². The number of hydrogen-bond acceptors (Lipinski definition) is 9. The van der Waals surface area contributed by atoms with Crippen LogP contribution in [-0.2, 0) is 14.2 Å². The molecule has 0 aliphatic carbocycles. The minimum atomic E-state index is -0.383. The Hall–Kier alpha value is -4.26. The van der Waals surface area contributed by atoms with E-state index >= 15 is 0 Å². The van der Waals surface area contributed by atoms with Crippen molar-refractivity contribution in [3.8, 4) is 0 Å². The predicted octanol–water partition coefficient (Wildman–Crippen LogP) is 3.08. The summed E-state index contributed by atoms with van der Waals surface area (Å²) in [6.45, 7) is 6.13. The fourth-order valence-corrected chi connectivity index (χ4v) is 4.19. The van der Waals surface area contributed by atoms with E-state index in [0.29, 0.717) is 95.6 Å². The van der Waals surface area contributed by atoms with Crippen LogP contribution in [0.5, 0.6) is 0 Å². The van der Waals surface area contributed by atoms with Gasteiger partial charge in [-0.3, -0.25) is 29.3 Å². The van der Waals surface area contributed by atoms with E-state index in [0.717, 1.165) is 6.42 Å². The molecule has 12 heteroatoms. The number of hydrogen-bond donors (Lipinski definition) is 3. The van der Waals surface area contributed by atoms with Gasteiger partial charge in [0.2, 0.25) is 0 Å². The fourth-order valence-electron chi connectivity index (χ4n) is 4.19. The Labute approximate surface area is 264 Å². The van der Waals surface area contributed by atoms with Crippen molar-refractivity contribution < 1.29 is 28.6 Å². The fraction of sp³-hybridized carbons (Fsp3) is 0.455. The highest BCUT2D eigenvalue weighted by atomic mass is 16.5. The summed E-state index contributed by atoms with van der Waals surface area (Å²) in [5.41, 5.74) is 0.756. The zero-order valence-electron chi connectivity index (χ0n) is 25.9. The molecule has 0 bridgehead atoms. The smallest absolute Gasteiger partial charge is 0.269 e. The largest absolute Gasteiger partial charge is 0.381 e. The lowest BCUT2D eigenvalue weighted by Gasteiger charge is -2.32. The van der Waals surface area contributed by atoms with Gasteiger partial charge in [0.25, 0.3) is 17.7 Å². The van der Waals surface area contributed by atoms with Crippen LogP contribution < -0.4 is 16.0 Å². The molecule has 3 amide bonds. The highest BCUT2D eigenvalue weighted by molar-refractivity contribution is 5.92. The zero-order valence-corrected chi connectivity index (χ0v) is 25.9. The van der Waals surface area contributed by atoms with Crippen LogP contribution in [-0.4, -0.2) is 91.9 Å². The number of ether oxygens (including phenoxy) is 3. The molecule has 242 valence electrons. The van der Waals surface area contributed by atoms with Gasteiger partial charge < -0.3 is 30.2 Å². The molecule has 0 saturated heterocycles. The Balaban J connectivity index is 1.38. The molecule has 0 saturated carbocycles. The van der Waals surface area contributed by atoms with E-state index in [1.54, 1.807) is 73.2 Å². The van der Waals surface area contributed by atoms with Crippen LogP contribution in [0.2, 0.25) is 0 Å². The van der Waals surface area contributed by atoms with E-state index in [-0.39, 0.29) is 23.1 Å². The van der Waals surface area contributed by atoms with Crippen LogP contribution >= 0.6 is 0 Å². The SMILES string of the molecule is CCC(COCCCNC(=O)c1ccccn1)(COCCCNC(=O)c1ccccn1)COCCCNC(=O)c1ccccn1. The number of amides is 3. The number of aromatic nitrogens is 3. The molecule has 0 radical (unpaired) electrons. The third-order valence-corrected chi connectivity index (χ3v) is 6.92. The van der Waals surface area contributed by atoms with Crippen LogP contribution in [0.1, 0.15) is 64.1 Å². The van der Waals surface area contributed by atoms with Crippen molar-refractivity contribution in [2.24, 2.45) is 5.41 Å². The van der Waals surface area contributed by atoms with E-state index in [9.17, 15) is 14.4 Å². The van der Waals surface area contributed by atoms with E-state index in [1.165, 1.54) is 0 Å². The highest BCUT2D eigenvalue weighted by Gasteiger charge is 2.30. The highest BCUT2D eigenvalue weighted by Crippen LogP contribution is 2.24. The topological polar surface area (TPSA) is 154 Å². The van der Waals surface area contributed by atoms with Gasteiger partial charge in [-0.2, -0.15) is 0 Å². The van der Waals surface area contributed by atoms with Gasteiger partial charge in [0.1, 0.15) is 17.1 Å². The molecule has 0 aromatic carbocycles. The first kappa shape index (κ1) is 35.2. The maximum absolute atomic E-state index is 12.2. The molecule has 0 aliphatic rings. The number of carbonyl (C=O) groups excluding carboxylic acids is 3. The molecular formula is C33H44N6O6. The summed E-state index contributed by atoms with van der Waals surface area (Å²) in [6, 6.07) is 15.6. The van der Waals surface area contributed by atoms with Crippen LogP contribution in [0.15, 0.2) is 73.2 Å². The van der Waals surface area contributed by atoms with E-state index in [2.05, 4.69) is 37.8 Å². The third-order valence-electron chi connectivity index (χ3n) is 6.92. The van der Waals surface area contributed by atoms with Gasteiger partial charge in [-0.1, -0.05) is 25.1 Å². The Morgan fingerprint density at radius 2 is 0.911 bits per heavy atom. The van der Waals surface area contributed by atoms with Crippen molar-refractivity contribution in [2.75, 3.05) is 59.3 Å². The monoisotopic (exact) mass is 620 g/mol. The third kappa shape index (κ3) is 13.5. The minimum Gasteiger partial charge on any atom is -0.381 e. The normalized spacial score (nSPS) is 11.1. The lowest BCUT2D eigenvalue weighted by molar-refractivity contribution is -0.0720. The summed E-state index contributed by atoms with van der Waals surface area (Å²) < 4.78 is 18.1. The first-order valence-electron chi connectivity index (χ1n) is 15.3. The molecule has 3 rings (SSSR count). The summed E-state index contributed by atoms with van der Waals surface area (Å²) in [7, 11) is 0. The van der Waals surface area contributed by atoms with Gasteiger partial charge in [-0.25, -0.2) is 0 Å². The Bertz CT molecular complexity index is 1110. The Morgan fingerprint density at radius 3 is 1.18 bits per heavy atom. The molecule has 0 spiro atoms. The first-order valence-corrected chi connectivity index (χ1v) is 15.3. The van der Waals surface area contributed by atoms with E-state index in [1.807, 2.05) is 0 Å². The van der Waals surface area contributed by atoms with Crippen LogP contribution in [0.3, 0.4) is 0 Å². The van der Waals surface area contributed by atoms with E-state index in [4.69, 9.17) is 14.2 Å². The van der Waals surface area contributed by atoms with Gasteiger partial charge in [0.15, 0.2) is 0 Å². The minimum absolute atomic E-state index is 0.215. The predicted molar refractivity (Wildman–Crippen MR) is 169 cm³/mol. The van der Waals surface area contributed by atoms with E-state index < -0.39 is 0 Å². The number of pyridine rings is 3. The first-order chi connectivity index (χ1) is 22.0. The van der Waals surface area contributed by atoms with Crippen LogP contribution in [0.4, 0.5) is 0 Å². The van der Waals surface area contributed by atoms with Gasteiger partial charge >= 0.3 is 0 Å². The molecule has 12 nitrogen and oxygen atoms in total. The average Bonchev–Trinajstić information content (AvgIpc) is 3.09. The average molecular weight is 621 g/mol. The molecule has 3 aromatic heterocycles. The molecule has 3 aromatic rings. The molecule has 3 heterocycles. The van der Waals surface area contributed by atoms with Crippen LogP contribution in [0.25, 0.3) is 0 Å². The number of nitrogens with one attached hydrogen (secondary N) is 3. The van der Waals surface area contributed by atoms with Gasteiger partial charge in [0, 0.05) is 63.5 Å². The zero-order chi connectivity index (χ0) is 32.0. The maximum atomic E-state index is 12.2. The summed E-state index contributed by atoms with van der Waals surface area (Å²) in [4.78, 5) is 48.7. The molecule has 3 N–H and O–H groups in total. The quantitative estimate of drug-likeness (QED) is 0.144.